The number of nitro groups is 1. The van der Waals surface area contributed by atoms with Gasteiger partial charge in [0.15, 0.2) is 4.80 Å². The summed E-state index contributed by atoms with van der Waals surface area (Å²) in [6.07, 6.45) is 0. The number of nitrogens with zero attached hydrogens (tertiary/aromatic N) is 3. The van der Waals surface area contributed by atoms with E-state index in [2.05, 4.69) is 4.99 Å². The van der Waals surface area contributed by atoms with Gasteiger partial charge in [-0.2, -0.15) is 4.99 Å². The maximum Gasteiger partial charge on any atom is 0.324 e. The lowest BCUT2D eigenvalue weighted by Crippen LogP contribution is -2.15. The summed E-state index contributed by atoms with van der Waals surface area (Å²) >= 11 is 8.18. The van der Waals surface area contributed by atoms with E-state index in [1.165, 1.54) is 23.5 Å². The number of aryl methyl sites for hydroxylation is 1. The first-order chi connectivity index (χ1) is 11.0. The fraction of sp³-hybridized carbons (Fsp3) is 0.143. The first-order valence-electron chi connectivity index (χ1n) is 6.61. The van der Waals surface area contributed by atoms with Crippen LogP contribution in [0.15, 0.2) is 35.3 Å². The van der Waals surface area contributed by atoms with E-state index in [1.54, 1.807) is 6.07 Å². The van der Waals surface area contributed by atoms with Crippen LogP contribution in [0.2, 0.25) is 5.02 Å². The Kier molecular flexibility index (Phi) is 4.29. The van der Waals surface area contributed by atoms with Crippen molar-refractivity contribution in [3.63, 3.8) is 0 Å². The molecule has 0 aliphatic heterocycles. The molecule has 0 aliphatic carbocycles. The molecule has 0 N–H and O–H groups in total. The van der Waals surface area contributed by atoms with Crippen LogP contribution in [-0.4, -0.2) is 15.4 Å². The smallest absolute Gasteiger partial charge is 0.317 e. The highest BCUT2D eigenvalue weighted by Crippen LogP contribution is 2.25. The molecule has 9 heteroatoms. The number of carbonyl (C=O) groups is 1. The molecule has 0 spiro atoms. The van der Waals surface area contributed by atoms with Crippen molar-refractivity contribution in [2.45, 2.75) is 13.5 Å². The maximum atomic E-state index is 12.3. The van der Waals surface area contributed by atoms with Gasteiger partial charge in [-0.05, 0) is 31.2 Å². The first kappa shape index (κ1) is 15.9. The van der Waals surface area contributed by atoms with Crippen LogP contribution in [0.1, 0.15) is 16.6 Å². The topological polar surface area (TPSA) is 77.5 Å². The molecule has 23 heavy (non-hydrogen) atoms. The quantitative estimate of drug-likeness (QED) is 0.516. The number of hydrogen-bond donors (Lipinski definition) is 0. The van der Waals surface area contributed by atoms with Crippen molar-refractivity contribution < 1.29 is 9.72 Å². The molecule has 6 nitrogen and oxygen atoms in total. The highest BCUT2D eigenvalue weighted by atomic mass is 35.5. The van der Waals surface area contributed by atoms with Crippen molar-refractivity contribution in [1.29, 1.82) is 0 Å². The molecular formula is C14H10ClN3O3S2. The molecule has 0 radical (unpaired) electrons. The lowest BCUT2D eigenvalue weighted by molar-refractivity contribution is -0.380. The molecule has 1 amide bonds. The summed E-state index contributed by atoms with van der Waals surface area (Å²) in [5.41, 5.74) is 0.950. The third-order valence-corrected chi connectivity index (χ3v) is 5.44. The van der Waals surface area contributed by atoms with Crippen LogP contribution in [0.5, 0.6) is 0 Å². The Bertz CT molecular complexity index is 987. The number of benzene rings is 1. The van der Waals surface area contributed by atoms with E-state index in [0.29, 0.717) is 16.4 Å². The second-order valence-electron chi connectivity index (χ2n) is 4.55. The van der Waals surface area contributed by atoms with Gasteiger partial charge < -0.3 is 4.57 Å². The summed E-state index contributed by atoms with van der Waals surface area (Å²) < 4.78 is 2.85. The van der Waals surface area contributed by atoms with Crippen molar-refractivity contribution in [3.8, 4) is 0 Å². The molecule has 2 heterocycles. The second-order valence-corrected chi connectivity index (χ2v) is 7.06. The fourth-order valence-electron chi connectivity index (χ4n) is 2.12. The molecule has 0 aliphatic rings. The molecule has 2 aromatic heterocycles. The van der Waals surface area contributed by atoms with Gasteiger partial charge in [0.1, 0.15) is 4.88 Å². The monoisotopic (exact) mass is 367 g/mol. The minimum atomic E-state index is -0.519. The zero-order chi connectivity index (χ0) is 16.6. The third kappa shape index (κ3) is 3.05. The van der Waals surface area contributed by atoms with Crippen LogP contribution in [-0.2, 0) is 6.54 Å². The number of halogens is 1. The van der Waals surface area contributed by atoms with Crippen LogP contribution < -0.4 is 4.80 Å². The highest BCUT2D eigenvalue weighted by molar-refractivity contribution is 7.17. The average molecular weight is 368 g/mol. The summed E-state index contributed by atoms with van der Waals surface area (Å²) in [6.45, 7) is 2.61. The summed E-state index contributed by atoms with van der Waals surface area (Å²) in [5, 5.41) is 11.2. The summed E-state index contributed by atoms with van der Waals surface area (Å²) in [4.78, 5) is 27.4. The highest BCUT2D eigenvalue weighted by Gasteiger charge is 2.15. The maximum absolute atomic E-state index is 12.3. The van der Waals surface area contributed by atoms with E-state index in [1.807, 2.05) is 23.6 Å². The molecule has 0 atom stereocenters. The lowest BCUT2D eigenvalue weighted by atomic mass is 10.3. The number of fused-ring (bicyclic) bond motifs is 1. The van der Waals surface area contributed by atoms with E-state index >= 15 is 0 Å². The number of thiophene rings is 1. The van der Waals surface area contributed by atoms with Crippen molar-refractivity contribution in [2.75, 3.05) is 0 Å². The average Bonchev–Trinajstić information content (AvgIpc) is 3.10. The first-order valence-corrected chi connectivity index (χ1v) is 8.63. The van der Waals surface area contributed by atoms with Crippen molar-refractivity contribution >= 4 is 55.4 Å². The summed E-state index contributed by atoms with van der Waals surface area (Å²) in [5.74, 6) is -0.483. The molecule has 1 aromatic carbocycles. The zero-order valence-electron chi connectivity index (χ0n) is 11.9. The van der Waals surface area contributed by atoms with Crippen LogP contribution in [0.3, 0.4) is 0 Å². The lowest BCUT2D eigenvalue weighted by Gasteiger charge is -1.99. The van der Waals surface area contributed by atoms with E-state index in [-0.39, 0.29) is 9.88 Å². The van der Waals surface area contributed by atoms with E-state index < -0.39 is 10.8 Å². The summed E-state index contributed by atoms with van der Waals surface area (Å²) in [6, 6.07) is 8.24. The normalized spacial score (nSPS) is 12.0. The Labute approximate surface area is 143 Å². The SMILES string of the molecule is CCn1c(=NC(=O)c2ccc([N+](=O)[O-])s2)sc2cc(Cl)ccc21. The standard InChI is InChI=1S/C14H10ClN3O3S2/c1-2-17-9-4-3-8(15)7-11(9)23-14(17)16-13(19)10-5-6-12(22-10)18(20)21/h3-7H,2H2,1H3. The van der Waals surface area contributed by atoms with Gasteiger partial charge in [0.05, 0.1) is 15.1 Å². The third-order valence-electron chi connectivity index (χ3n) is 3.14. The number of amides is 1. The molecule has 118 valence electrons. The Balaban J connectivity index is 2.08. The molecule has 0 bridgehead atoms. The number of thiazole rings is 1. The van der Waals surface area contributed by atoms with Gasteiger partial charge in [0.25, 0.3) is 5.91 Å². The predicted molar refractivity (Wildman–Crippen MR) is 91.4 cm³/mol. The Morgan fingerprint density at radius 1 is 1.35 bits per heavy atom. The van der Waals surface area contributed by atoms with Gasteiger partial charge in [0.2, 0.25) is 0 Å². The van der Waals surface area contributed by atoms with Crippen molar-refractivity contribution in [2.24, 2.45) is 4.99 Å². The molecule has 3 aromatic rings. The minimum absolute atomic E-state index is 0.0740. The van der Waals surface area contributed by atoms with Gasteiger partial charge in [-0.1, -0.05) is 34.3 Å². The van der Waals surface area contributed by atoms with Crippen molar-refractivity contribution in [1.82, 2.24) is 4.57 Å². The van der Waals surface area contributed by atoms with Gasteiger partial charge >= 0.3 is 5.00 Å². The van der Waals surface area contributed by atoms with Crippen LogP contribution >= 0.6 is 34.3 Å². The molecule has 0 fully saturated rings. The number of carbonyl (C=O) groups excluding carboxylic acids is 1. The van der Waals surface area contributed by atoms with Gasteiger partial charge in [-0.15, -0.1) is 0 Å². The summed E-state index contributed by atoms with van der Waals surface area (Å²) in [7, 11) is 0. The molecule has 0 saturated heterocycles. The minimum Gasteiger partial charge on any atom is -0.317 e. The largest absolute Gasteiger partial charge is 0.324 e. The predicted octanol–water partition coefficient (Wildman–Crippen LogP) is 4.09. The molecule has 3 rings (SSSR count). The van der Waals surface area contributed by atoms with E-state index in [4.69, 9.17) is 11.6 Å². The van der Waals surface area contributed by atoms with E-state index in [0.717, 1.165) is 21.6 Å². The Morgan fingerprint density at radius 2 is 2.13 bits per heavy atom. The molecule has 0 unspecified atom stereocenters. The number of hydrogen-bond acceptors (Lipinski definition) is 5. The second kappa shape index (κ2) is 6.23. The van der Waals surface area contributed by atoms with Crippen molar-refractivity contribution in [3.05, 3.63) is 55.1 Å². The van der Waals surface area contributed by atoms with Crippen LogP contribution in [0, 0.1) is 10.1 Å². The zero-order valence-corrected chi connectivity index (χ0v) is 14.2. The Hall–Kier alpha value is -2.03. The van der Waals surface area contributed by atoms with Gasteiger partial charge in [-0.3, -0.25) is 14.9 Å². The van der Waals surface area contributed by atoms with Gasteiger partial charge in [0, 0.05) is 17.6 Å². The number of rotatable bonds is 3. The van der Waals surface area contributed by atoms with Crippen LogP contribution in [0.25, 0.3) is 10.2 Å². The fourth-order valence-corrected chi connectivity index (χ4v) is 4.19. The Morgan fingerprint density at radius 3 is 2.78 bits per heavy atom. The molecule has 0 saturated carbocycles. The van der Waals surface area contributed by atoms with Gasteiger partial charge in [-0.25, -0.2) is 0 Å². The van der Waals surface area contributed by atoms with Crippen LogP contribution in [0.4, 0.5) is 5.00 Å². The molecular weight excluding hydrogens is 358 g/mol. The van der Waals surface area contributed by atoms with E-state index in [9.17, 15) is 14.9 Å². The number of aromatic nitrogens is 1.